The van der Waals surface area contributed by atoms with E-state index in [0.717, 1.165) is 6.07 Å². The normalized spacial score (nSPS) is 38.4. The molecule has 0 aromatic heterocycles. The molecule has 0 unspecified atom stereocenters. The number of phenolic OH excluding ortho intramolecular Hbond substituents is 2. The van der Waals surface area contributed by atoms with Gasteiger partial charge in [-0.2, -0.15) is 0 Å². The minimum Gasteiger partial charge on any atom is -0.507 e. The number of ether oxygens (including phenoxy) is 1. The first-order valence-electron chi connectivity index (χ1n) is 7.55. The van der Waals surface area contributed by atoms with Crippen molar-refractivity contribution in [3.63, 3.8) is 0 Å². The number of hydrogen-bond donors (Lipinski definition) is 6. The molecule has 6 atom stereocenters. The van der Waals surface area contributed by atoms with Gasteiger partial charge < -0.3 is 35.4 Å². The third kappa shape index (κ3) is 2.11. The van der Waals surface area contributed by atoms with Gasteiger partial charge in [0, 0.05) is 17.5 Å². The smallest absolute Gasteiger partial charge is 0.173 e. The highest BCUT2D eigenvalue weighted by atomic mass is 16.5. The molecule has 3 rings (SSSR count). The molecule has 2 aliphatic carbocycles. The number of carbonyl (C=O) groups is 1. The highest BCUT2D eigenvalue weighted by Crippen LogP contribution is 2.54. The summed E-state index contributed by atoms with van der Waals surface area (Å²) in [6.45, 7) is 1.30. The predicted molar refractivity (Wildman–Crippen MR) is 79.8 cm³/mol. The van der Waals surface area contributed by atoms with Crippen LogP contribution in [0.15, 0.2) is 6.07 Å². The van der Waals surface area contributed by atoms with Gasteiger partial charge in [-0.15, -0.1) is 0 Å². The highest BCUT2D eigenvalue weighted by Gasteiger charge is 2.57. The van der Waals surface area contributed by atoms with Crippen LogP contribution in [-0.2, 0) is 0 Å². The fourth-order valence-corrected chi connectivity index (χ4v) is 3.94. The Morgan fingerprint density at radius 3 is 2.46 bits per heavy atom. The maximum Gasteiger partial charge on any atom is 0.173 e. The molecular weight excluding hydrogens is 320 g/mol. The van der Waals surface area contributed by atoms with Crippen LogP contribution in [0.2, 0.25) is 0 Å². The topological polar surface area (TPSA) is 148 Å². The van der Waals surface area contributed by atoms with Crippen molar-refractivity contribution in [3.05, 3.63) is 17.2 Å². The minimum atomic E-state index is -1.71. The van der Waals surface area contributed by atoms with Crippen molar-refractivity contribution >= 4 is 5.78 Å². The SMILES string of the molecule is COc1cc(O)c2c(c1O)[C@@H](O)[C@@H]1C[C@@](C)(O)[C@@H](O)[C@H](O)[C@H]1C2=O. The largest absolute Gasteiger partial charge is 0.507 e. The van der Waals surface area contributed by atoms with Gasteiger partial charge in [0.25, 0.3) is 0 Å². The average molecular weight is 340 g/mol. The number of methoxy groups -OCH3 is 1. The van der Waals surface area contributed by atoms with E-state index in [1.165, 1.54) is 14.0 Å². The van der Waals surface area contributed by atoms with E-state index in [2.05, 4.69) is 0 Å². The molecule has 6 N–H and O–H groups in total. The molecule has 0 saturated heterocycles. The molecule has 2 aliphatic rings. The van der Waals surface area contributed by atoms with Crippen LogP contribution in [-0.4, -0.2) is 61.3 Å². The lowest BCUT2D eigenvalue weighted by Gasteiger charge is -2.49. The molecule has 0 heterocycles. The summed E-state index contributed by atoms with van der Waals surface area (Å²) in [4.78, 5) is 12.8. The Hall–Kier alpha value is -1.87. The van der Waals surface area contributed by atoms with Gasteiger partial charge in [0.2, 0.25) is 0 Å². The number of aliphatic hydroxyl groups is 4. The van der Waals surface area contributed by atoms with Gasteiger partial charge in [0.15, 0.2) is 17.3 Å². The Kier molecular flexibility index (Phi) is 3.76. The molecule has 0 spiro atoms. The van der Waals surface area contributed by atoms with Crippen LogP contribution in [0.25, 0.3) is 0 Å². The first kappa shape index (κ1) is 17.0. The van der Waals surface area contributed by atoms with Crippen LogP contribution in [0, 0.1) is 11.8 Å². The molecular formula is C16H20O8. The van der Waals surface area contributed by atoms with Crippen molar-refractivity contribution in [2.75, 3.05) is 7.11 Å². The van der Waals surface area contributed by atoms with E-state index in [-0.39, 0.29) is 23.3 Å². The number of phenols is 2. The van der Waals surface area contributed by atoms with E-state index in [1.54, 1.807) is 0 Å². The van der Waals surface area contributed by atoms with Crippen LogP contribution in [0.5, 0.6) is 17.2 Å². The second-order valence-electron chi connectivity index (χ2n) is 6.73. The molecule has 0 amide bonds. The van der Waals surface area contributed by atoms with Gasteiger partial charge in [-0.3, -0.25) is 4.79 Å². The van der Waals surface area contributed by atoms with Crippen molar-refractivity contribution in [3.8, 4) is 17.2 Å². The maximum atomic E-state index is 12.8. The Morgan fingerprint density at radius 1 is 1.25 bits per heavy atom. The standard InChI is InChI=1S/C16H20O8/c1-16(23)4-5-8(14(21)15(16)22)13(20)9-6(17)3-7(24-2)12(19)10(9)11(5)18/h3,5,8,11,14-15,17-19,21-23H,4H2,1-2H3/t5-,8-,11+,14-,15+,16-/m1/s1. The maximum absolute atomic E-state index is 12.8. The summed E-state index contributed by atoms with van der Waals surface area (Å²) >= 11 is 0. The van der Waals surface area contributed by atoms with Gasteiger partial charge >= 0.3 is 0 Å². The lowest BCUT2D eigenvalue weighted by atomic mass is 9.60. The fraction of sp³-hybridized carbons (Fsp3) is 0.562. The molecule has 1 fully saturated rings. The van der Waals surface area contributed by atoms with E-state index < -0.39 is 53.0 Å². The van der Waals surface area contributed by atoms with Crippen LogP contribution < -0.4 is 4.74 Å². The van der Waals surface area contributed by atoms with Crippen molar-refractivity contribution in [2.24, 2.45) is 11.8 Å². The van der Waals surface area contributed by atoms with Crippen molar-refractivity contribution in [2.45, 2.75) is 37.3 Å². The molecule has 1 aromatic rings. The summed E-state index contributed by atoms with van der Waals surface area (Å²) in [5, 5.41) is 61.6. The van der Waals surface area contributed by atoms with Gasteiger partial charge in [-0.25, -0.2) is 0 Å². The summed E-state index contributed by atoms with van der Waals surface area (Å²) in [6, 6.07) is 1.04. The monoisotopic (exact) mass is 340 g/mol. The van der Waals surface area contributed by atoms with Crippen LogP contribution in [0.4, 0.5) is 0 Å². The van der Waals surface area contributed by atoms with Crippen LogP contribution in [0.1, 0.15) is 35.4 Å². The van der Waals surface area contributed by atoms with Crippen LogP contribution in [0.3, 0.4) is 0 Å². The van der Waals surface area contributed by atoms with Gasteiger partial charge in [0.1, 0.15) is 11.9 Å². The zero-order valence-electron chi connectivity index (χ0n) is 13.2. The Morgan fingerprint density at radius 2 is 1.88 bits per heavy atom. The Labute approximate surface area is 137 Å². The van der Waals surface area contributed by atoms with Crippen LogP contribution >= 0.6 is 0 Å². The van der Waals surface area contributed by atoms with E-state index in [9.17, 15) is 35.4 Å². The second-order valence-corrected chi connectivity index (χ2v) is 6.73. The second kappa shape index (κ2) is 5.32. The number of hydrogen-bond acceptors (Lipinski definition) is 8. The zero-order chi connectivity index (χ0) is 18.0. The van der Waals surface area contributed by atoms with E-state index in [0.29, 0.717) is 0 Å². The lowest BCUT2D eigenvalue weighted by Crippen LogP contribution is -2.61. The molecule has 0 radical (unpaired) electrons. The first-order valence-corrected chi connectivity index (χ1v) is 7.55. The number of Topliss-reactive ketones (excluding diaryl/α,β-unsaturated/α-hetero) is 1. The summed E-state index contributed by atoms with van der Waals surface area (Å²) in [7, 11) is 1.26. The molecule has 1 aromatic carbocycles. The minimum absolute atomic E-state index is 0.111. The third-order valence-electron chi connectivity index (χ3n) is 5.19. The summed E-state index contributed by atoms with van der Waals surface area (Å²) in [6.07, 6.45) is -4.79. The first-order chi connectivity index (χ1) is 11.1. The molecule has 8 heteroatoms. The molecule has 0 bridgehead atoms. The van der Waals surface area contributed by atoms with Crippen molar-refractivity contribution in [1.82, 2.24) is 0 Å². The molecule has 132 valence electrons. The number of aliphatic hydroxyl groups excluding tert-OH is 3. The van der Waals surface area contributed by atoms with Crippen molar-refractivity contribution < 1.29 is 40.2 Å². The third-order valence-corrected chi connectivity index (χ3v) is 5.19. The van der Waals surface area contributed by atoms with Crippen molar-refractivity contribution in [1.29, 1.82) is 0 Å². The number of rotatable bonds is 1. The quantitative estimate of drug-likeness (QED) is 0.373. The molecule has 1 saturated carbocycles. The van der Waals surface area contributed by atoms with Gasteiger partial charge in [-0.05, 0) is 13.3 Å². The summed E-state index contributed by atoms with van der Waals surface area (Å²) in [5.74, 6) is -3.94. The fourth-order valence-electron chi connectivity index (χ4n) is 3.94. The Bertz CT molecular complexity index is 698. The highest BCUT2D eigenvalue weighted by molar-refractivity contribution is 6.04. The predicted octanol–water partition coefficient (Wildman–Crippen LogP) is -0.555. The summed E-state index contributed by atoms with van der Waals surface area (Å²) in [5.41, 5.74) is -2.22. The van der Waals surface area contributed by atoms with E-state index >= 15 is 0 Å². The Balaban J connectivity index is 2.21. The number of aromatic hydroxyl groups is 2. The van der Waals surface area contributed by atoms with E-state index in [1.807, 2.05) is 0 Å². The molecule has 8 nitrogen and oxygen atoms in total. The summed E-state index contributed by atoms with van der Waals surface area (Å²) < 4.78 is 4.92. The molecule has 24 heavy (non-hydrogen) atoms. The number of ketones is 1. The number of fused-ring (bicyclic) bond motifs is 2. The molecule has 0 aliphatic heterocycles. The average Bonchev–Trinajstić information content (AvgIpc) is 2.51. The number of carbonyl (C=O) groups excluding carboxylic acids is 1. The zero-order valence-corrected chi connectivity index (χ0v) is 13.2. The van der Waals surface area contributed by atoms with Gasteiger partial charge in [-0.1, -0.05) is 0 Å². The van der Waals surface area contributed by atoms with Gasteiger partial charge in [0.05, 0.1) is 36.4 Å². The lowest BCUT2D eigenvalue weighted by molar-refractivity contribution is -0.184. The number of benzene rings is 1. The van der Waals surface area contributed by atoms with E-state index in [4.69, 9.17) is 4.74 Å².